The van der Waals surface area contributed by atoms with Gasteiger partial charge in [0.25, 0.3) is 5.91 Å². The maximum absolute atomic E-state index is 12.9. The molecule has 1 aromatic heterocycles. The van der Waals surface area contributed by atoms with Crippen molar-refractivity contribution < 1.29 is 9.53 Å². The van der Waals surface area contributed by atoms with Gasteiger partial charge in [-0.25, -0.2) is 9.97 Å². The summed E-state index contributed by atoms with van der Waals surface area (Å²) in [5.41, 5.74) is 1.55. The van der Waals surface area contributed by atoms with E-state index in [0.29, 0.717) is 28.1 Å². The Morgan fingerprint density at radius 2 is 1.89 bits per heavy atom. The summed E-state index contributed by atoms with van der Waals surface area (Å²) in [6.07, 6.45) is 0.936. The molecule has 0 aliphatic heterocycles. The number of hydrogen-bond donors (Lipinski definition) is 2. The Hall–Kier alpha value is -3.12. The number of aromatic nitrogens is 2. The Morgan fingerprint density at radius 3 is 2.61 bits per heavy atom. The Bertz CT molecular complexity index is 964. The van der Waals surface area contributed by atoms with Gasteiger partial charge in [-0.15, -0.1) is 0 Å². The number of hydrogen-bond acceptors (Lipinski definition) is 5. The second kappa shape index (κ2) is 9.19. The van der Waals surface area contributed by atoms with Crippen molar-refractivity contribution in [2.24, 2.45) is 0 Å². The predicted octanol–water partition coefficient (Wildman–Crippen LogP) is 4.88. The van der Waals surface area contributed by atoms with Gasteiger partial charge in [-0.05, 0) is 24.6 Å². The van der Waals surface area contributed by atoms with Gasteiger partial charge in [0, 0.05) is 23.2 Å². The van der Waals surface area contributed by atoms with Gasteiger partial charge in [-0.3, -0.25) is 4.79 Å². The van der Waals surface area contributed by atoms with Crippen LogP contribution in [0.15, 0.2) is 54.6 Å². The minimum absolute atomic E-state index is 0.245. The van der Waals surface area contributed by atoms with Gasteiger partial charge in [0.05, 0.1) is 12.8 Å². The fourth-order valence-electron chi connectivity index (χ4n) is 2.59. The van der Waals surface area contributed by atoms with Crippen LogP contribution < -0.4 is 15.4 Å². The molecule has 0 radical (unpaired) electrons. The van der Waals surface area contributed by atoms with E-state index in [1.807, 2.05) is 30.3 Å². The Labute approximate surface area is 168 Å². The molecule has 1 amide bonds. The summed E-state index contributed by atoms with van der Waals surface area (Å²) in [6.45, 7) is 2.81. The largest absolute Gasteiger partial charge is 0.495 e. The fraction of sp³-hybridized carbons (Fsp3) is 0.190. The number of benzene rings is 2. The van der Waals surface area contributed by atoms with E-state index < -0.39 is 0 Å². The smallest absolute Gasteiger partial charge is 0.274 e. The monoisotopic (exact) mass is 396 g/mol. The van der Waals surface area contributed by atoms with Crippen LogP contribution in [0.1, 0.15) is 23.8 Å². The lowest BCUT2D eigenvalue weighted by Gasteiger charge is -2.12. The molecule has 2 N–H and O–H groups in total. The van der Waals surface area contributed by atoms with Gasteiger partial charge >= 0.3 is 0 Å². The molecule has 0 saturated heterocycles. The molecule has 0 aliphatic rings. The highest BCUT2D eigenvalue weighted by molar-refractivity contribution is 6.31. The van der Waals surface area contributed by atoms with Crippen LogP contribution in [0.4, 0.5) is 11.5 Å². The maximum atomic E-state index is 12.9. The topological polar surface area (TPSA) is 76.1 Å². The standard InChI is InChI=1S/C21H21ClN4O2/c1-3-11-23-19-13-17(24-20(26-19)14-7-5-4-6-8-14)21(27)25-16-12-15(22)9-10-18(16)28-2/h4-10,12-13H,3,11H2,1-2H3,(H,25,27)(H,23,24,26). The highest BCUT2D eigenvalue weighted by atomic mass is 35.5. The van der Waals surface area contributed by atoms with Crippen LogP contribution in [0.2, 0.25) is 5.02 Å². The molecule has 28 heavy (non-hydrogen) atoms. The lowest BCUT2D eigenvalue weighted by Crippen LogP contribution is -2.16. The molecule has 0 aliphatic carbocycles. The minimum atomic E-state index is -0.375. The number of ether oxygens (including phenoxy) is 1. The van der Waals surface area contributed by atoms with Crippen LogP contribution in [-0.4, -0.2) is 29.5 Å². The molecule has 0 spiro atoms. The third-order valence-electron chi connectivity index (χ3n) is 3.96. The summed E-state index contributed by atoms with van der Waals surface area (Å²) in [7, 11) is 1.53. The van der Waals surface area contributed by atoms with E-state index in [9.17, 15) is 4.79 Å². The molecule has 0 fully saturated rings. The molecule has 144 valence electrons. The molecule has 3 rings (SSSR count). The molecule has 0 unspecified atom stereocenters. The number of amides is 1. The summed E-state index contributed by atoms with van der Waals surface area (Å²) >= 11 is 6.05. The van der Waals surface area contributed by atoms with Crippen molar-refractivity contribution >= 4 is 29.0 Å². The summed E-state index contributed by atoms with van der Waals surface area (Å²) in [5.74, 6) is 1.21. The SMILES string of the molecule is CCCNc1cc(C(=O)Nc2cc(Cl)ccc2OC)nc(-c2ccccc2)n1. The Kier molecular flexibility index (Phi) is 6.45. The van der Waals surface area contributed by atoms with E-state index in [-0.39, 0.29) is 11.6 Å². The molecule has 0 bridgehead atoms. The quantitative estimate of drug-likeness (QED) is 0.595. The Balaban J connectivity index is 1.95. The average molecular weight is 397 g/mol. The summed E-state index contributed by atoms with van der Waals surface area (Å²) in [6, 6.07) is 16.2. The molecule has 7 heteroatoms. The van der Waals surface area contributed by atoms with E-state index in [1.54, 1.807) is 24.3 Å². The van der Waals surface area contributed by atoms with Gasteiger partial charge in [0.1, 0.15) is 17.3 Å². The van der Waals surface area contributed by atoms with E-state index in [1.165, 1.54) is 7.11 Å². The fourth-order valence-corrected chi connectivity index (χ4v) is 2.76. The number of rotatable bonds is 7. The van der Waals surface area contributed by atoms with Crippen LogP contribution in [-0.2, 0) is 0 Å². The van der Waals surface area contributed by atoms with Crippen molar-refractivity contribution in [1.82, 2.24) is 9.97 Å². The van der Waals surface area contributed by atoms with E-state index in [4.69, 9.17) is 16.3 Å². The highest BCUT2D eigenvalue weighted by Gasteiger charge is 2.15. The number of carbonyl (C=O) groups is 1. The third-order valence-corrected chi connectivity index (χ3v) is 4.19. The minimum Gasteiger partial charge on any atom is -0.495 e. The summed E-state index contributed by atoms with van der Waals surface area (Å²) in [4.78, 5) is 21.9. The maximum Gasteiger partial charge on any atom is 0.274 e. The predicted molar refractivity (Wildman–Crippen MR) is 112 cm³/mol. The van der Waals surface area contributed by atoms with Crippen molar-refractivity contribution in [3.05, 3.63) is 65.3 Å². The van der Waals surface area contributed by atoms with Crippen LogP contribution in [0.25, 0.3) is 11.4 Å². The van der Waals surface area contributed by atoms with Crippen molar-refractivity contribution in [3.8, 4) is 17.1 Å². The molecule has 0 atom stereocenters. The normalized spacial score (nSPS) is 10.4. The molecular weight excluding hydrogens is 376 g/mol. The lowest BCUT2D eigenvalue weighted by atomic mass is 10.2. The van der Waals surface area contributed by atoms with E-state index in [2.05, 4.69) is 27.5 Å². The van der Waals surface area contributed by atoms with Crippen molar-refractivity contribution in [2.45, 2.75) is 13.3 Å². The van der Waals surface area contributed by atoms with Crippen LogP contribution in [0.5, 0.6) is 5.75 Å². The Morgan fingerprint density at radius 1 is 1.11 bits per heavy atom. The molecule has 3 aromatic rings. The average Bonchev–Trinajstić information content (AvgIpc) is 2.73. The van der Waals surface area contributed by atoms with Gasteiger partial charge in [0.15, 0.2) is 5.82 Å². The van der Waals surface area contributed by atoms with Gasteiger partial charge in [-0.2, -0.15) is 0 Å². The first-order valence-electron chi connectivity index (χ1n) is 8.94. The molecule has 1 heterocycles. The molecule has 6 nitrogen and oxygen atoms in total. The second-order valence-electron chi connectivity index (χ2n) is 6.05. The van der Waals surface area contributed by atoms with Crippen LogP contribution in [0, 0.1) is 0 Å². The van der Waals surface area contributed by atoms with E-state index >= 15 is 0 Å². The van der Waals surface area contributed by atoms with E-state index in [0.717, 1.165) is 18.5 Å². The van der Waals surface area contributed by atoms with Crippen molar-refractivity contribution in [1.29, 1.82) is 0 Å². The number of nitrogens with one attached hydrogen (secondary N) is 2. The van der Waals surface area contributed by atoms with Gasteiger partial charge in [0.2, 0.25) is 0 Å². The zero-order chi connectivity index (χ0) is 19.9. The lowest BCUT2D eigenvalue weighted by molar-refractivity contribution is 0.102. The van der Waals surface area contributed by atoms with Crippen molar-refractivity contribution in [2.75, 3.05) is 24.3 Å². The first-order chi connectivity index (χ1) is 13.6. The highest BCUT2D eigenvalue weighted by Crippen LogP contribution is 2.28. The number of methoxy groups -OCH3 is 1. The zero-order valence-corrected chi connectivity index (χ0v) is 16.5. The molecule has 2 aromatic carbocycles. The number of nitrogens with zero attached hydrogens (tertiary/aromatic N) is 2. The number of halogens is 1. The third kappa shape index (κ3) is 4.78. The summed E-state index contributed by atoms with van der Waals surface area (Å²) < 4.78 is 5.29. The molecule has 0 saturated carbocycles. The van der Waals surface area contributed by atoms with Gasteiger partial charge < -0.3 is 15.4 Å². The number of carbonyl (C=O) groups excluding carboxylic acids is 1. The molecular formula is C21H21ClN4O2. The summed E-state index contributed by atoms with van der Waals surface area (Å²) in [5, 5.41) is 6.53. The van der Waals surface area contributed by atoms with Crippen LogP contribution >= 0.6 is 11.6 Å². The zero-order valence-electron chi connectivity index (χ0n) is 15.7. The van der Waals surface area contributed by atoms with Gasteiger partial charge in [-0.1, -0.05) is 48.9 Å². The first kappa shape index (κ1) is 19.6. The second-order valence-corrected chi connectivity index (χ2v) is 6.49. The van der Waals surface area contributed by atoms with Crippen LogP contribution in [0.3, 0.4) is 0 Å². The van der Waals surface area contributed by atoms with Crippen molar-refractivity contribution in [3.63, 3.8) is 0 Å². The first-order valence-corrected chi connectivity index (χ1v) is 9.31. The number of anilines is 2.